The Morgan fingerprint density at radius 2 is 2.14 bits per heavy atom. The Balaban J connectivity index is 0.000000255. The van der Waals surface area contributed by atoms with Crippen LogP contribution in [0.2, 0.25) is 0 Å². The maximum Gasteiger partial charge on any atom is 0.397 e. The first kappa shape index (κ1) is 12.8. The van der Waals surface area contributed by atoms with Gasteiger partial charge < -0.3 is 0 Å². The summed E-state index contributed by atoms with van der Waals surface area (Å²) in [4.78, 5) is 3.98. The summed E-state index contributed by atoms with van der Waals surface area (Å²) in [6.07, 6.45) is 3.47. The van der Waals surface area contributed by atoms with E-state index in [1.807, 2.05) is 18.2 Å². The Morgan fingerprint density at radius 3 is 2.36 bits per heavy atom. The third-order valence-corrected chi connectivity index (χ3v) is 1.53. The minimum absolute atomic E-state index is 0.870. The number of aromatic nitrogens is 1. The van der Waals surface area contributed by atoms with E-state index in [9.17, 15) is 8.42 Å². The van der Waals surface area contributed by atoms with Gasteiger partial charge in [-0.3, -0.25) is 13.7 Å². The van der Waals surface area contributed by atoms with Gasteiger partial charge in [-0.2, -0.15) is 8.42 Å². The van der Waals surface area contributed by atoms with Crippen LogP contribution in [0.15, 0.2) is 31.0 Å². The molecule has 0 radical (unpaired) electrons. The standard InChI is InChI=1S/C7H7N.CH4O4S/c1-2-7-5-3-4-6-8-7;1-5-6(2,3)4/h2-6H,1H2;1H3,(H,2,3,4). The summed E-state index contributed by atoms with van der Waals surface area (Å²) < 4.78 is 29.7. The lowest BCUT2D eigenvalue weighted by Crippen LogP contribution is -1.96. The van der Waals surface area contributed by atoms with Crippen molar-refractivity contribution in [3.8, 4) is 0 Å². The molecule has 5 nitrogen and oxygen atoms in total. The van der Waals surface area contributed by atoms with Gasteiger partial charge in [0.1, 0.15) is 0 Å². The molecule has 1 aromatic heterocycles. The molecule has 1 heterocycles. The predicted molar refractivity (Wildman–Crippen MR) is 52.9 cm³/mol. The number of hydrogen-bond acceptors (Lipinski definition) is 4. The second-order valence-electron chi connectivity index (χ2n) is 2.05. The molecular formula is C8H11NO4S. The second-order valence-corrected chi connectivity index (χ2v) is 3.24. The molecule has 0 unspecified atom stereocenters. The molecule has 14 heavy (non-hydrogen) atoms. The Bertz CT molecular complexity index is 360. The molecule has 0 amide bonds. The molecule has 0 aromatic carbocycles. The van der Waals surface area contributed by atoms with Crippen molar-refractivity contribution >= 4 is 16.5 Å². The predicted octanol–water partition coefficient (Wildman–Crippen LogP) is 1.16. The van der Waals surface area contributed by atoms with Crippen molar-refractivity contribution in [2.45, 2.75) is 0 Å². The van der Waals surface area contributed by atoms with E-state index in [1.165, 1.54) is 0 Å². The molecule has 78 valence electrons. The molecule has 1 N–H and O–H groups in total. The van der Waals surface area contributed by atoms with E-state index in [1.54, 1.807) is 12.3 Å². The van der Waals surface area contributed by atoms with E-state index in [-0.39, 0.29) is 0 Å². The molecule has 0 bridgehead atoms. The van der Waals surface area contributed by atoms with Crippen molar-refractivity contribution in [3.05, 3.63) is 36.7 Å². The average molecular weight is 217 g/mol. The zero-order valence-corrected chi connectivity index (χ0v) is 8.44. The highest BCUT2D eigenvalue weighted by atomic mass is 32.3. The van der Waals surface area contributed by atoms with Gasteiger partial charge >= 0.3 is 10.4 Å². The van der Waals surface area contributed by atoms with Crippen LogP contribution >= 0.6 is 0 Å². The SMILES string of the molecule is C=Cc1ccccn1.COS(=O)(=O)O. The fourth-order valence-corrected chi connectivity index (χ4v) is 0.497. The summed E-state index contributed by atoms with van der Waals surface area (Å²) in [5.41, 5.74) is 0.924. The Kier molecular flexibility index (Phi) is 5.70. The zero-order valence-electron chi connectivity index (χ0n) is 7.62. The summed E-state index contributed by atoms with van der Waals surface area (Å²) in [6.45, 7) is 3.57. The van der Waals surface area contributed by atoms with Gasteiger partial charge in [-0.25, -0.2) is 0 Å². The fourth-order valence-electron chi connectivity index (χ4n) is 0.497. The van der Waals surface area contributed by atoms with Gasteiger partial charge in [0.2, 0.25) is 0 Å². The minimum atomic E-state index is -4.16. The molecule has 1 rings (SSSR count). The van der Waals surface area contributed by atoms with E-state index in [4.69, 9.17) is 4.55 Å². The van der Waals surface area contributed by atoms with Crippen molar-refractivity contribution in [2.24, 2.45) is 0 Å². The van der Waals surface area contributed by atoms with Crippen LogP contribution in [-0.4, -0.2) is 25.1 Å². The van der Waals surface area contributed by atoms with E-state index in [0.29, 0.717) is 0 Å². The molecule has 0 fully saturated rings. The van der Waals surface area contributed by atoms with E-state index in [0.717, 1.165) is 12.8 Å². The van der Waals surface area contributed by atoms with Gasteiger partial charge in [0, 0.05) is 6.20 Å². The summed E-state index contributed by atoms with van der Waals surface area (Å²) in [6, 6.07) is 5.73. The van der Waals surface area contributed by atoms with Crippen molar-refractivity contribution in [1.82, 2.24) is 4.98 Å². The highest BCUT2D eigenvalue weighted by Crippen LogP contribution is 1.91. The van der Waals surface area contributed by atoms with Crippen molar-refractivity contribution in [3.63, 3.8) is 0 Å². The maximum atomic E-state index is 9.33. The van der Waals surface area contributed by atoms with Gasteiger partial charge in [-0.15, -0.1) is 0 Å². The average Bonchev–Trinajstić information content (AvgIpc) is 2.19. The highest BCUT2D eigenvalue weighted by molar-refractivity contribution is 7.80. The monoisotopic (exact) mass is 217 g/mol. The van der Waals surface area contributed by atoms with Crippen LogP contribution in [0, 0.1) is 0 Å². The largest absolute Gasteiger partial charge is 0.397 e. The van der Waals surface area contributed by atoms with Gasteiger partial charge in [0.05, 0.1) is 12.8 Å². The number of nitrogens with zero attached hydrogens (tertiary/aromatic N) is 1. The van der Waals surface area contributed by atoms with Crippen molar-refractivity contribution < 1.29 is 17.2 Å². The molecule has 0 saturated carbocycles. The third-order valence-electron chi connectivity index (χ3n) is 1.11. The van der Waals surface area contributed by atoms with Gasteiger partial charge in [-0.05, 0) is 18.2 Å². The molecule has 0 aliphatic heterocycles. The van der Waals surface area contributed by atoms with Crippen LogP contribution in [0.25, 0.3) is 6.08 Å². The second kappa shape index (κ2) is 6.25. The quantitative estimate of drug-likeness (QED) is 0.752. The van der Waals surface area contributed by atoms with Crippen LogP contribution in [0.1, 0.15) is 5.69 Å². The van der Waals surface area contributed by atoms with Gasteiger partial charge in [-0.1, -0.05) is 12.6 Å². The lowest BCUT2D eigenvalue weighted by atomic mass is 10.4. The maximum absolute atomic E-state index is 9.33. The van der Waals surface area contributed by atoms with Crippen LogP contribution in [0.4, 0.5) is 0 Å². The lowest BCUT2D eigenvalue weighted by Gasteiger charge is -1.84. The highest BCUT2D eigenvalue weighted by Gasteiger charge is 1.94. The van der Waals surface area contributed by atoms with E-state index in [2.05, 4.69) is 15.7 Å². The summed E-state index contributed by atoms with van der Waals surface area (Å²) in [7, 11) is -3.29. The molecule has 0 saturated heterocycles. The fraction of sp³-hybridized carbons (Fsp3) is 0.125. The lowest BCUT2D eigenvalue weighted by molar-refractivity contribution is 0.324. The van der Waals surface area contributed by atoms with E-state index < -0.39 is 10.4 Å². The van der Waals surface area contributed by atoms with Crippen LogP contribution in [0.3, 0.4) is 0 Å². The van der Waals surface area contributed by atoms with Crippen LogP contribution in [-0.2, 0) is 14.6 Å². The minimum Gasteiger partial charge on any atom is -0.264 e. The van der Waals surface area contributed by atoms with Crippen LogP contribution < -0.4 is 0 Å². The molecule has 0 aliphatic carbocycles. The first-order valence-corrected chi connectivity index (χ1v) is 4.92. The zero-order chi connectivity index (χ0) is 11.0. The molecule has 6 heteroatoms. The smallest absolute Gasteiger partial charge is 0.264 e. The molecule has 0 atom stereocenters. The topological polar surface area (TPSA) is 76.5 Å². The van der Waals surface area contributed by atoms with Gasteiger partial charge in [0.15, 0.2) is 0 Å². The van der Waals surface area contributed by atoms with Crippen LogP contribution in [0.5, 0.6) is 0 Å². The number of hydrogen-bond donors (Lipinski definition) is 1. The third kappa shape index (κ3) is 7.41. The summed E-state index contributed by atoms with van der Waals surface area (Å²) in [5, 5.41) is 0. The first-order valence-electron chi connectivity index (χ1n) is 3.56. The molecule has 0 aliphatic rings. The first-order chi connectivity index (χ1) is 6.49. The molecular weight excluding hydrogens is 206 g/mol. The Morgan fingerprint density at radius 1 is 1.57 bits per heavy atom. The van der Waals surface area contributed by atoms with Crippen molar-refractivity contribution in [1.29, 1.82) is 0 Å². The molecule has 0 spiro atoms. The normalized spacial score (nSPS) is 9.86. The Labute approximate surface area is 83.0 Å². The number of pyridine rings is 1. The summed E-state index contributed by atoms with van der Waals surface area (Å²) >= 11 is 0. The summed E-state index contributed by atoms with van der Waals surface area (Å²) in [5.74, 6) is 0. The number of rotatable bonds is 2. The molecule has 1 aromatic rings. The van der Waals surface area contributed by atoms with E-state index >= 15 is 0 Å². The Hall–Kier alpha value is -1.24. The van der Waals surface area contributed by atoms with Gasteiger partial charge in [0.25, 0.3) is 0 Å². The van der Waals surface area contributed by atoms with Crippen molar-refractivity contribution in [2.75, 3.05) is 7.11 Å².